The summed E-state index contributed by atoms with van der Waals surface area (Å²) in [7, 11) is 0. The Morgan fingerprint density at radius 2 is 2.00 bits per heavy atom. The molecule has 0 aliphatic rings. The van der Waals surface area contributed by atoms with Crippen molar-refractivity contribution in [2.24, 2.45) is 11.8 Å². The minimum Gasteiger partial charge on any atom is -0.481 e. The SMILES string of the molecule is CCCCC(C(=O)O)C(C)CC(=O)NNc1ccccc1Cl. The van der Waals surface area contributed by atoms with Gasteiger partial charge in [0.2, 0.25) is 5.91 Å². The van der Waals surface area contributed by atoms with E-state index in [0.717, 1.165) is 12.8 Å². The van der Waals surface area contributed by atoms with E-state index in [2.05, 4.69) is 10.9 Å². The highest BCUT2D eigenvalue weighted by Gasteiger charge is 2.25. The molecule has 0 saturated heterocycles. The van der Waals surface area contributed by atoms with Gasteiger partial charge in [0.15, 0.2) is 0 Å². The average Bonchev–Trinajstić information content (AvgIpc) is 2.46. The summed E-state index contributed by atoms with van der Waals surface area (Å²) in [6, 6.07) is 7.05. The number of benzene rings is 1. The van der Waals surface area contributed by atoms with Gasteiger partial charge in [-0.1, -0.05) is 50.4 Å². The topological polar surface area (TPSA) is 78.4 Å². The van der Waals surface area contributed by atoms with Crippen molar-refractivity contribution in [2.75, 3.05) is 5.43 Å². The number of carbonyl (C=O) groups excluding carboxylic acids is 1. The van der Waals surface area contributed by atoms with E-state index < -0.39 is 11.9 Å². The van der Waals surface area contributed by atoms with Crippen LogP contribution in [0.25, 0.3) is 0 Å². The minimum atomic E-state index is -0.840. The third-order valence-electron chi connectivity index (χ3n) is 3.59. The van der Waals surface area contributed by atoms with E-state index in [1.807, 2.05) is 6.92 Å². The molecule has 0 aliphatic carbocycles. The fraction of sp³-hybridized carbons (Fsp3) is 0.500. The molecule has 6 heteroatoms. The molecule has 22 heavy (non-hydrogen) atoms. The average molecular weight is 327 g/mol. The number of hydrazine groups is 1. The van der Waals surface area contributed by atoms with Crippen LogP contribution >= 0.6 is 11.6 Å². The fourth-order valence-electron chi connectivity index (χ4n) is 2.26. The van der Waals surface area contributed by atoms with Gasteiger partial charge in [-0.25, -0.2) is 0 Å². The maximum Gasteiger partial charge on any atom is 0.306 e. The van der Waals surface area contributed by atoms with Crippen LogP contribution in [-0.2, 0) is 9.59 Å². The number of amides is 1. The Hall–Kier alpha value is -1.75. The number of halogens is 1. The van der Waals surface area contributed by atoms with Crippen LogP contribution in [0.3, 0.4) is 0 Å². The first-order valence-corrected chi connectivity index (χ1v) is 7.85. The minimum absolute atomic E-state index is 0.151. The molecule has 1 rings (SSSR count). The number of aliphatic carboxylic acids is 1. The number of para-hydroxylation sites is 1. The molecule has 2 unspecified atom stereocenters. The van der Waals surface area contributed by atoms with Crippen molar-refractivity contribution in [3.05, 3.63) is 29.3 Å². The summed E-state index contributed by atoms with van der Waals surface area (Å²) in [5.41, 5.74) is 5.91. The second-order valence-corrected chi connectivity index (χ2v) is 5.83. The predicted octanol–water partition coefficient (Wildman–Crippen LogP) is 3.70. The summed E-state index contributed by atoms with van der Waals surface area (Å²) in [5.74, 6) is -1.81. The molecule has 5 nitrogen and oxygen atoms in total. The Labute approximate surface area is 136 Å². The summed E-state index contributed by atoms with van der Waals surface area (Å²) in [5, 5.41) is 9.76. The summed E-state index contributed by atoms with van der Waals surface area (Å²) >= 11 is 5.97. The first-order valence-electron chi connectivity index (χ1n) is 7.47. The lowest BCUT2D eigenvalue weighted by molar-refractivity contribution is -0.144. The lowest BCUT2D eigenvalue weighted by Gasteiger charge is -2.20. The molecule has 0 aromatic heterocycles. The van der Waals surface area contributed by atoms with Gasteiger partial charge in [0.05, 0.1) is 16.6 Å². The molecule has 0 fully saturated rings. The standard InChI is InChI=1S/C16H23ClN2O3/c1-3-4-7-12(16(21)22)11(2)10-15(20)19-18-14-9-6-5-8-13(14)17/h5-6,8-9,11-12,18H,3-4,7,10H2,1-2H3,(H,19,20)(H,21,22). The summed E-state index contributed by atoms with van der Waals surface area (Å²) in [4.78, 5) is 23.2. The molecule has 1 aromatic rings. The smallest absolute Gasteiger partial charge is 0.306 e. The molecule has 0 bridgehead atoms. The van der Waals surface area contributed by atoms with Gasteiger partial charge in [-0.15, -0.1) is 0 Å². The third-order valence-corrected chi connectivity index (χ3v) is 3.92. The van der Waals surface area contributed by atoms with Crippen molar-refractivity contribution in [1.82, 2.24) is 5.43 Å². The Morgan fingerprint density at radius 1 is 1.32 bits per heavy atom. The van der Waals surface area contributed by atoms with Crippen molar-refractivity contribution < 1.29 is 14.7 Å². The van der Waals surface area contributed by atoms with Crippen LogP contribution in [0.15, 0.2) is 24.3 Å². The number of carboxylic acid groups (broad SMARTS) is 1. The number of unbranched alkanes of at least 4 members (excludes halogenated alkanes) is 1. The molecule has 0 heterocycles. The van der Waals surface area contributed by atoms with E-state index in [4.69, 9.17) is 11.6 Å². The first-order chi connectivity index (χ1) is 10.5. The third kappa shape index (κ3) is 5.93. The largest absolute Gasteiger partial charge is 0.481 e. The molecule has 3 N–H and O–H groups in total. The monoisotopic (exact) mass is 326 g/mol. The molecule has 122 valence electrons. The maximum absolute atomic E-state index is 11.9. The second kappa shape index (κ2) is 9.30. The second-order valence-electron chi connectivity index (χ2n) is 5.42. The molecule has 0 saturated carbocycles. The lowest BCUT2D eigenvalue weighted by Crippen LogP contribution is -2.33. The van der Waals surface area contributed by atoms with Gasteiger partial charge in [-0.05, 0) is 24.5 Å². The van der Waals surface area contributed by atoms with Crippen LogP contribution < -0.4 is 10.9 Å². The number of carbonyl (C=O) groups is 2. The Balaban J connectivity index is 2.49. The van der Waals surface area contributed by atoms with Gasteiger partial charge in [-0.3, -0.25) is 20.4 Å². The van der Waals surface area contributed by atoms with Gasteiger partial charge in [-0.2, -0.15) is 0 Å². The summed E-state index contributed by atoms with van der Waals surface area (Å²) in [6.07, 6.45) is 2.54. The van der Waals surface area contributed by atoms with Crippen LogP contribution in [0.2, 0.25) is 5.02 Å². The van der Waals surface area contributed by atoms with Crippen LogP contribution in [0.4, 0.5) is 5.69 Å². The van der Waals surface area contributed by atoms with E-state index >= 15 is 0 Å². The number of hydrogen-bond donors (Lipinski definition) is 3. The highest BCUT2D eigenvalue weighted by molar-refractivity contribution is 6.33. The van der Waals surface area contributed by atoms with Crippen molar-refractivity contribution >= 4 is 29.2 Å². The van der Waals surface area contributed by atoms with E-state index in [9.17, 15) is 14.7 Å². The van der Waals surface area contributed by atoms with E-state index in [1.54, 1.807) is 31.2 Å². The Morgan fingerprint density at radius 3 is 2.59 bits per heavy atom. The van der Waals surface area contributed by atoms with Crippen molar-refractivity contribution in [1.29, 1.82) is 0 Å². The molecular weight excluding hydrogens is 304 g/mol. The Bertz CT molecular complexity index is 508. The number of anilines is 1. The van der Waals surface area contributed by atoms with Gasteiger partial charge in [0.25, 0.3) is 0 Å². The van der Waals surface area contributed by atoms with Crippen LogP contribution in [0, 0.1) is 11.8 Å². The fourth-order valence-corrected chi connectivity index (χ4v) is 2.44. The van der Waals surface area contributed by atoms with E-state index in [0.29, 0.717) is 17.1 Å². The van der Waals surface area contributed by atoms with Crippen molar-refractivity contribution in [3.63, 3.8) is 0 Å². The zero-order valence-corrected chi connectivity index (χ0v) is 13.7. The molecule has 2 atom stereocenters. The molecular formula is C16H23ClN2O3. The summed E-state index contributed by atoms with van der Waals surface area (Å²) < 4.78 is 0. The molecule has 1 amide bonds. The normalized spacial score (nSPS) is 13.2. The van der Waals surface area contributed by atoms with E-state index in [1.165, 1.54) is 0 Å². The predicted molar refractivity (Wildman–Crippen MR) is 87.6 cm³/mol. The number of hydrogen-bond acceptors (Lipinski definition) is 3. The maximum atomic E-state index is 11.9. The lowest BCUT2D eigenvalue weighted by atomic mass is 9.87. The van der Waals surface area contributed by atoms with Crippen LogP contribution in [-0.4, -0.2) is 17.0 Å². The van der Waals surface area contributed by atoms with Gasteiger partial charge < -0.3 is 5.11 Å². The van der Waals surface area contributed by atoms with Gasteiger partial charge in [0.1, 0.15) is 0 Å². The highest BCUT2D eigenvalue weighted by Crippen LogP contribution is 2.22. The highest BCUT2D eigenvalue weighted by atomic mass is 35.5. The van der Waals surface area contributed by atoms with Crippen molar-refractivity contribution in [3.8, 4) is 0 Å². The van der Waals surface area contributed by atoms with Crippen LogP contribution in [0.1, 0.15) is 39.5 Å². The van der Waals surface area contributed by atoms with Crippen molar-refractivity contribution in [2.45, 2.75) is 39.5 Å². The zero-order valence-electron chi connectivity index (χ0n) is 12.9. The van der Waals surface area contributed by atoms with Gasteiger partial charge >= 0.3 is 5.97 Å². The molecule has 0 radical (unpaired) electrons. The molecule has 1 aromatic carbocycles. The summed E-state index contributed by atoms with van der Waals surface area (Å²) in [6.45, 7) is 3.81. The van der Waals surface area contributed by atoms with Gasteiger partial charge in [0, 0.05) is 6.42 Å². The molecule has 0 aliphatic heterocycles. The number of carboxylic acids is 1. The van der Waals surface area contributed by atoms with E-state index in [-0.39, 0.29) is 18.2 Å². The molecule has 0 spiro atoms. The Kier molecular flexibility index (Phi) is 7.74. The number of nitrogens with one attached hydrogen (secondary N) is 2. The van der Waals surface area contributed by atoms with Crippen LogP contribution in [0.5, 0.6) is 0 Å². The first kappa shape index (κ1) is 18.3. The quantitative estimate of drug-likeness (QED) is 0.605. The number of rotatable bonds is 9. The zero-order chi connectivity index (χ0) is 16.5.